The summed E-state index contributed by atoms with van der Waals surface area (Å²) in [7, 11) is 0. The van der Waals surface area contributed by atoms with Crippen molar-refractivity contribution in [2.45, 2.75) is 0 Å². The Labute approximate surface area is 79.1 Å². The smallest absolute Gasteiger partial charge is 0.261 e. The van der Waals surface area contributed by atoms with E-state index in [9.17, 15) is 10.1 Å². The SMILES string of the molecule is N=C(N=Nc1ccccc1)N[N+](=O)[O-]. The van der Waals surface area contributed by atoms with E-state index in [1.807, 2.05) is 0 Å². The number of guanidine groups is 1. The van der Waals surface area contributed by atoms with Gasteiger partial charge in [-0.1, -0.05) is 23.6 Å². The molecule has 2 N–H and O–H groups in total. The molecule has 0 amide bonds. The number of hydrazine groups is 1. The van der Waals surface area contributed by atoms with E-state index in [1.54, 1.807) is 35.8 Å². The quantitative estimate of drug-likeness (QED) is 0.244. The van der Waals surface area contributed by atoms with Gasteiger partial charge < -0.3 is 0 Å². The van der Waals surface area contributed by atoms with Crippen molar-refractivity contribution in [3.63, 3.8) is 0 Å². The molecule has 1 aromatic rings. The Balaban J connectivity index is 2.56. The zero-order valence-corrected chi connectivity index (χ0v) is 7.04. The minimum absolute atomic E-state index is 0.530. The molecule has 72 valence electrons. The van der Waals surface area contributed by atoms with E-state index in [2.05, 4.69) is 10.2 Å². The third-order valence-electron chi connectivity index (χ3n) is 1.22. The standard InChI is InChI=1S/C7H7N5O2/c8-7(11-12(13)14)10-9-6-4-2-1-3-5-6/h1-5H,(H2,8,11). The summed E-state index contributed by atoms with van der Waals surface area (Å²) < 4.78 is 0. The van der Waals surface area contributed by atoms with Crippen molar-refractivity contribution >= 4 is 11.6 Å². The third-order valence-corrected chi connectivity index (χ3v) is 1.22. The van der Waals surface area contributed by atoms with E-state index in [4.69, 9.17) is 5.41 Å². The van der Waals surface area contributed by atoms with Crippen molar-refractivity contribution < 1.29 is 5.03 Å². The maximum atomic E-state index is 9.87. The molecule has 0 unspecified atom stereocenters. The molecule has 0 aliphatic rings. The number of nitro groups is 1. The fourth-order valence-corrected chi connectivity index (χ4v) is 0.711. The van der Waals surface area contributed by atoms with E-state index in [1.165, 1.54) is 0 Å². The van der Waals surface area contributed by atoms with Crippen LogP contribution in [0.25, 0.3) is 0 Å². The average molecular weight is 193 g/mol. The van der Waals surface area contributed by atoms with Crippen LogP contribution in [0.3, 0.4) is 0 Å². The van der Waals surface area contributed by atoms with Crippen molar-refractivity contribution in [3.8, 4) is 0 Å². The largest absolute Gasteiger partial charge is 0.296 e. The molecular weight excluding hydrogens is 186 g/mol. The number of hydrogen-bond acceptors (Lipinski definition) is 4. The zero-order chi connectivity index (χ0) is 10.4. The van der Waals surface area contributed by atoms with Crippen molar-refractivity contribution in [2.75, 3.05) is 0 Å². The van der Waals surface area contributed by atoms with Crippen LogP contribution in [0.15, 0.2) is 40.6 Å². The normalized spacial score (nSPS) is 10.0. The number of nitrogens with zero attached hydrogens (tertiary/aromatic N) is 3. The van der Waals surface area contributed by atoms with Crippen LogP contribution in [0.5, 0.6) is 0 Å². The van der Waals surface area contributed by atoms with Gasteiger partial charge in [0, 0.05) is 0 Å². The van der Waals surface area contributed by atoms with Crippen LogP contribution in [0, 0.1) is 15.5 Å². The Morgan fingerprint density at radius 2 is 2.07 bits per heavy atom. The minimum Gasteiger partial charge on any atom is -0.261 e. The van der Waals surface area contributed by atoms with Gasteiger partial charge in [-0.25, -0.2) is 10.1 Å². The van der Waals surface area contributed by atoms with Crippen LogP contribution in [0.2, 0.25) is 0 Å². The van der Waals surface area contributed by atoms with Gasteiger partial charge in [-0.3, -0.25) is 5.41 Å². The van der Waals surface area contributed by atoms with Crippen molar-refractivity contribution in [3.05, 3.63) is 40.4 Å². The molecule has 0 aliphatic heterocycles. The first-order valence-electron chi connectivity index (χ1n) is 3.65. The van der Waals surface area contributed by atoms with Gasteiger partial charge in [-0.2, -0.15) is 0 Å². The Kier molecular flexibility index (Phi) is 3.25. The second-order valence-corrected chi connectivity index (χ2v) is 2.25. The van der Waals surface area contributed by atoms with Gasteiger partial charge in [0.05, 0.1) is 5.69 Å². The molecule has 0 fully saturated rings. The lowest BCUT2D eigenvalue weighted by Crippen LogP contribution is -2.26. The van der Waals surface area contributed by atoms with Crippen molar-refractivity contribution in [1.82, 2.24) is 5.43 Å². The summed E-state index contributed by atoms with van der Waals surface area (Å²) in [6, 6.07) is 8.64. The van der Waals surface area contributed by atoms with Crippen LogP contribution in [0.1, 0.15) is 0 Å². The third kappa shape index (κ3) is 3.39. The first-order chi connectivity index (χ1) is 6.68. The van der Waals surface area contributed by atoms with Crippen molar-refractivity contribution in [1.29, 1.82) is 5.41 Å². The summed E-state index contributed by atoms with van der Waals surface area (Å²) >= 11 is 0. The molecule has 7 heteroatoms. The number of hydrogen-bond donors (Lipinski definition) is 2. The number of azo groups is 1. The van der Waals surface area contributed by atoms with Gasteiger partial charge in [0.25, 0.3) is 5.96 Å². The highest BCUT2D eigenvalue weighted by Crippen LogP contribution is 2.09. The summed E-state index contributed by atoms with van der Waals surface area (Å²) in [6.45, 7) is 0. The summed E-state index contributed by atoms with van der Waals surface area (Å²) in [5, 5.41) is 22.8. The summed E-state index contributed by atoms with van der Waals surface area (Å²) in [5.41, 5.74) is 2.09. The Morgan fingerprint density at radius 1 is 1.43 bits per heavy atom. The van der Waals surface area contributed by atoms with E-state index < -0.39 is 11.0 Å². The second kappa shape index (κ2) is 4.65. The van der Waals surface area contributed by atoms with Crippen LogP contribution < -0.4 is 5.43 Å². The number of nitrogens with one attached hydrogen (secondary N) is 2. The maximum absolute atomic E-state index is 9.87. The molecule has 0 aromatic heterocycles. The van der Waals surface area contributed by atoms with Gasteiger partial charge >= 0.3 is 0 Å². The monoisotopic (exact) mass is 193 g/mol. The van der Waals surface area contributed by atoms with Crippen LogP contribution in [-0.4, -0.2) is 11.0 Å². The number of benzene rings is 1. The fraction of sp³-hybridized carbons (Fsp3) is 0. The molecule has 1 rings (SSSR count). The van der Waals surface area contributed by atoms with E-state index in [0.29, 0.717) is 5.69 Å². The Bertz CT molecular complexity index is 362. The predicted molar refractivity (Wildman–Crippen MR) is 48.8 cm³/mol. The van der Waals surface area contributed by atoms with Gasteiger partial charge in [0.2, 0.25) is 0 Å². The lowest BCUT2D eigenvalue weighted by molar-refractivity contribution is -0.525. The fourth-order valence-electron chi connectivity index (χ4n) is 0.711. The van der Waals surface area contributed by atoms with Crippen molar-refractivity contribution in [2.24, 2.45) is 10.2 Å². The molecule has 0 saturated heterocycles. The predicted octanol–water partition coefficient (Wildman–Crippen LogP) is 1.49. The summed E-state index contributed by atoms with van der Waals surface area (Å²) in [6.07, 6.45) is 0. The van der Waals surface area contributed by atoms with Gasteiger partial charge in [0.1, 0.15) is 0 Å². The van der Waals surface area contributed by atoms with Crippen LogP contribution in [-0.2, 0) is 0 Å². The molecule has 0 radical (unpaired) electrons. The van der Waals surface area contributed by atoms with Crippen LogP contribution >= 0.6 is 0 Å². The van der Waals surface area contributed by atoms with Crippen LogP contribution in [0.4, 0.5) is 5.69 Å². The highest BCUT2D eigenvalue weighted by Gasteiger charge is 1.99. The lowest BCUT2D eigenvalue weighted by Gasteiger charge is -1.91. The summed E-state index contributed by atoms with van der Waals surface area (Å²) in [5.74, 6) is -0.612. The zero-order valence-electron chi connectivity index (χ0n) is 7.04. The Hall–Kier alpha value is -2.31. The Morgan fingerprint density at radius 3 is 2.64 bits per heavy atom. The van der Waals surface area contributed by atoms with E-state index in [-0.39, 0.29) is 0 Å². The molecule has 0 spiro atoms. The molecule has 1 aromatic carbocycles. The molecule has 14 heavy (non-hydrogen) atoms. The molecule has 0 saturated carbocycles. The highest BCUT2D eigenvalue weighted by molar-refractivity contribution is 5.75. The molecule has 7 nitrogen and oxygen atoms in total. The van der Waals surface area contributed by atoms with Gasteiger partial charge in [-0.15, -0.1) is 10.2 Å². The molecule has 0 atom stereocenters. The van der Waals surface area contributed by atoms with Gasteiger partial charge in [0.15, 0.2) is 5.03 Å². The van der Waals surface area contributed by atoms with E-state index >= 15 is 0 Å². The first kappa shape index (κ1) is 9.78. The average Bonchev–Trinajstić information content (AvgIpc) is 2.15. The first-order valence-corrected chi connectivity index (χ1v) is 3.65. The minimum atomic E-state index is -0.869. The molecule has 0 aliphatic carbocycles. The lowest BCUT2D eigenvalue weighted by atomic mass is 10.3. The summed E-state index contributed by atoms with van der Waals surface area (Å²) in [4.78, 5) is 9.87. The number of rotatable bonds is 2. The topological polar surface area (TPSA) is 104 Å². The highest BCUT2D eigenvalue weighted by atomic mass is 16.7. The maximum Gasteiger partial charge on any atom is 0.296 e. The molecule has 0 bridgehead atoms. The van der Waals surface area contributed by atoms with E-state index in [0.717, 1.165) is 0 Å². The molecule has 0 heterocycles. The second-order valence-electron chi connectivity index (χ2n) is 2.25. The van der Waals surface area contributed by atoms with Gasteiger partial charge in [-0.05, 0) is 12.1 Å². The molecular formula is C7H7N5O2.